The number of nitrogens with zero attached hydrogens (tertiary/aromatic N) is 2. The van der Waals surface area contributed by atoms with Crippen LogP contribution in [0.1, 0.15) is 16.1 Å². The maximum absolute atomic E-state index is 12.9. The van der Waals surface area contributed by atoms with Gasteiger partial charge in [-0.05, 0) is 47.3 Å². The van der Waals surface area contributed by atoms with Gasteiger partial charge in [-0.3, -0.25) is 4.79 Å². The van der Waals surface area contributed by atoms with Gasteiger partial charge in [0.05, 0.1) is 15.5 Å². The number of para-hydroxylation sites is 1. The molecule has 1 amide bonds. The number of sulfonamides is 1. The van der Waals surface area contributed by atoms with E-state index in [4.69, 9.17) is 5.14 Å². The number of benzene rings is 2. The zero-order valence-corrected chi connectivity index (χ0v) is 17.4. The molecule has 2 aromatic heterocycles. The number of rotatable bonds is 6. The first-order valence-corrected chi connectivity index (χ1v) is 11.4. The molecule has 30 heavy (non-hydrogen) atoms. The van der Waals surface area contributed by atoms with Gasteiger partial charge in [-0.15, -0.1) is 11.3 Å². The van der Waals surface area contributed by atoms with Crippen molar-refractivity contribution in [3.63, 3.8) is 0 Å². The van der Waals surface area contributed by atoms with Crippen LogP contribution < -0.4 is 10.5 Å². The number of nitrogens with one attached hydrogen (secondary N) is 1. The van der Waals surface area contributed by atoms with Crippen molar-refractivity contribution in [3.8, 4) is 16.3 Å². The number of aromatic nitrogens is 2. The van der Waals surface area contributed by atoms with Gasteiger partial charge in [-0.25, -0.2) is 18.2 Å². The molecule has 0 saturated carbocycles. The summed E-state index contributed by atoms with van der Waals surface area (Å²) in [5, 5.41) is 14.6. The number of carbonyl (C=O) groups is 1. The summed E-state index contributed by atoms with van der Waals surface area (Å²) in [6, 6.07) is 21.2. The normalized spacial score (nSPS) is 11.4. The first kappa shape index (κ1) is 20.0. The zero-order chi connectivity index (χ0) is 21.1. The number of hydrogen-bond acceptors (Lipinski definition) is 5. The molecule has 0 aliphatic carbocycles. The van der Waals surface area contributed by atoms with Crippen LogP contribution in [-0.4, -0.2) is 24.1 Å². The Kier molecular flexibility index (Phi) is 5.49. The van der Waals surface area contributed by atoms with Crippen LogP contribution >= 0.6 is 11.3 Å². The molecule has 2 aromatic carbocycles. The quantitative estimate of drug-likeness (QED) is 0.482. The van der Waals surface area contributed by atoms with Crippen molar-refractivity contribution < 1.29 is 13.2 Å². The van der Waals surface area contributed by atoms with E-state index in [1.54, 1.807) is 34.2 Å². The van der Waals surface area contributed by atoms with Gasteiger partial charge in [0.2, 0.25) is 10.0 Å². The summed E-state index contributed by atoms with van der Waals surface area (Å²) in [4.78, 5) is 13.9. The van der Waals surface area contributed by atoms with Gasteiger partial charge in [0.15, 0.2) is 0 Å². The van der Waals surface area contributed by atoms with Crippen molar-refractivity contribution >= 4 is 27.3 Å². The Morgan fingerprint density at radius 2 is 1.77 bits per heavy atom. The van der Waals surface area contributed by atoms with Gasteiger partial charge in [0.1, 0.15) is 11.4 Å². The standard InChI is InChI=1S/C21H18N4O3S2/c22-30(27,28)17-10-8-15(9-11-17)14-23-21(26)19-13-18(20-7-4-12-29-20)24-25(19)16-5-2-1-3-6-16/h1-13H,14H2,(H,23,26)(H2,22,27,28). The van der Waals surface area contributed by atoms with E-state index in [2.05, 4.69) is 10.4 Å². The molecule has 0 fully saturated rings. The van der Waals surface area contributed by atoms with Crippen LogP contribution in [0.3, 0.4) is 0 Å². The Bertz CT molecular complexity index is 1260. The van der Waals surface area contributed by atoms with Gasteiger partial charge in [0, 0.05) is 6.54 Å². The average Bonchev–Trinajstić information content (AvgIpc) is 3.42. The first-order chi connectivity index (χ1) is 14.4. The second-order valence-electron chi connectivity index (χ2n) is 6.51. The number of hydrogen-bond donors (Lipinski definition) is 2. The van der Waals surface area contributed by atoms with E-state index in [9.17, 15) is 13.2 Å². The van der Waals surface area contributed by atoms with Crippen LogP contribution in [-0.2, 0) is 16.6 Å². The molecule has 0 bridgehead atoms. The maximum atomic E-state index is 12.9. The molecule has 0 radical (unpaired) electrons. The highest BCUT2D eigenvalue weighted by molar-refractivity contribution is 7.89. The van der Waals surface area contributed by atoms with Crippen molar-refractivity contribution in [1.29, 1.82) is 0 Å². The third-order valence-electron chi connectivity index (χ3n) is 4.42. The van der Waals surface area contributed by atoms with Crippen LogP contribution in [0.15, 0.2) is 83.1 Å². The number of amides is 1. The second-order valence-corrected chi connectivity index (χ2v) is 9.02. The van der Waals surface area contributed by atoms with E-state index in [-0.39, 0.29) is 17.3 Å². The summed E-state index contributed by atoms with van der Waals surface area (Å²) >= 11 is 1.55. The van der Waals surface area contributed by atoms with Gasteiger partial charge in [0.25, 0.3) is 5.91 Å². The zero-order valence-electron chi connectivity index (χ0n) is 15.7. The molecule has 0 atom stereocenters. The Morgan fingerprint density at radius 1 is 1.03 bits per heavy atom. The van der Waals surface area contributed by atoms with Crippen molar-refractivity contribution in [2.75, 3.05) is 0 Å². The third-order valence-corrected chi connectivity index (χ3v) is 6.24. The van der Waals surface area contributed by atoms with E-state index in [0.29, 0.717) is 5.69 Å². The summed E-state index contributed by atoms with van der Waals surface area (Å²) in [6.07, 6.45) is 0. The predicted octanol–water partition coefficient (Wildman–Crippen LogP) is 3.18. The van der Waals surface area contributed by atoms with Gasteiger partial charge < -0.3 is 5.32 Å². The lowest BCUT2D eigenvalue weighted by atomic mass is 10.2. The number of nitrogens with two attached hydrogens (primary N) is 1. The fourth-order valence-corrected chi connectivity index (χ4v) is 4.12. The lowest BCUT2D eigenvalue weighted by Crippen LogP contribution is -2.25. The maximum Gasteiger partial charge on any atom is 0.270 e. The van der Waals surface area contributed by atoms with Gasteiger partial charge in [-0.2, -0.15) is 5.10 Å². The Balaban J connectivity index is 1.58. The minimum absolute atomic E-state index is 0.0281. The minimum Gasteiger partial charge on any atom is -0.347 e. The molecular formula is C21H18N4O3S2. The van der Waals surface area contributed by atoms with Crippen LogP contribution in [0.4, 0.5) is 0 Å². The summed E-state index contributed by atoms with van der Waals surface area (Å²) in [5.74, 6) is -0.287. The summed E-state index contributed by atoms with van der Waals surface area (Å²) in [7, 11) is -3.75. The molecule has 0 aliphatic heterocycles. The van der Waals surface area contributed by atoms with Crippen molar-refractivity contribution in [3.05, 3.63) is 89.4 Å². The molecule has 0 spiro atoms. The third kappa shape index (κ3) is 4.33. The van der Waals surface area contributed by atoms with Gasteiger partial charge >= 0.3 is 0 Å². The van der Waals surface area contributed by atoms with E-state index in [1.807, 2.05) is 47.8 Å². The molecule has 0 unspecified atom stereocenters. The summed E-state index contributed by atoms with van der Waals surface area (Å²) in [5.41, 5.74) is 2.66. The smallest absolute Gasteiger partial charge is 0.270 e. The van der Waals surface area contributed by atoms with Crippen LogP contribution in [0, 0.1) is 0 Å². The van der Waals surface area contributed by atoms with E-state index >= 15 is 0 Å². The van der Waals surface area contributed by atoms with Crippen molar-refractivity contribution in [2.24, 2.45) is 5.14 Å². The average molecular weight is 439 g/mol. The highest BCUT2D eigenvalue weighted by Crippen LogP contribution is 2.25. The Morgan fingerprint density at radius 3 is 2.40 bits per heavy atom. The fraction of sp³-hybridized carbons (Fsp3) is 0.0476. The molecular weight excluding hydrogens is 420 g/mol. The Hall–Kier alpha value is -3.27. The molecule has 4 aromatic rings. The second kappa shape index (κ2) is 8.23. The van der Waals surface area contributed by atoms with Crippen LogP contribution in [0.5, 0.6) is 0 Å². The molecule has 2 heterocycles. The van der Waals surface area contributed by atoms with Crippen molar-refractivity contribution in [2.45, 2.75) is 11.4 Å². The molecule has 152 valence electrons. The lowest BCUT2D eigenvalue weighted by Gasteiger charge is -2.09. The SMILES string of the molecule is NS(=O)(=O)c1ccc(CNC(=O)c2cc(-c3cccs3)nn2-c2ccccc2)cc1. The molecule has 0 aliphatic rings. The number of carbonyl (C=O) groups excluding carboxylic acids is 1. The monoisotopic (exact) mass is 438 g/mol. The van der Waals surface area contributed by atoms with Crippen LogP contribution in [0.25, 0.3) is 16.3 Å². The predicted molar refractivity (Wildman–Crippen MR) is 116 cm³/mol. The van der Waals surface area contributed by atoms with Gasteiger partial charge in [-0.1, -0.05) is 36.4 Å². The highest BCUT2D eigenvalue weighted by atomic mass is 32.2. The highest BCUT2D eigenvalue weighted by Gasteiger charge is 2.18. The molecule has 0 saturated heterocycles. The molecule has 7 nitrogen and oxygen atoms in total. The molecule has 4 rings (SSSR count). The Labute approximate surface area is 177 Å². The fourth-order valence-electron chi connectivity index (χ4n) is 2.92. The topological polar surface area (TPSA) is 107 Å². The van der Waals surface area contributed by atoms with E-state index < -0.39 is 10.0 Å². The van der Waals surface area contributed by atoms with E-state index in [0.717, 1.165) is 21.8 Å². The number of primary sulfonamides is 1. The van der Waals surface area contributed by atoms with Crippen LogP contribution in [0.2, 0.25) is 0 Å². The van der Waals surface area contributed by atoms with E-state index in [1.165, 1.54) is 12.1 Å². The summed E-state index contributed by atoms with van der Waals surface area (Å²) in [6.45, 7) is 0.234. The van der Waals surface area contributed by atoms with Crippen molar-refractivity contribution in [1.82, 2.24) is 15.1 Å². The lowest BCUT2D eigenvalue weighted by molar-refractivity contribution is 0.0943. The largest absolute Gasteiger partial charge is 0.347 e. The minimum atomic E-state index is -3.75. The summed E-state index contributed by atoms with van der Waals surface area (Å²) < 4.78 is 24.4. The molecule has 9 heteroatoms. The molecule has 3 N–H and O–H groups in total. The number of thiophene rings is 1. The first-order valence-electron chi connectivity index (χ1n) is 9.01.